The topological polar surface area (TPSA) is 37.4 Å². The summed E-state index contributed by atoms with van der Waals surface area (Å²) < 4.78 is 26.0. The second-order valence-electron chi connectivity index (χ2n) is 5.74. The standard InChI is InChI=1S/C21H23NO2S/c1-3-4-17-22(25(2,23)24)21(18-20-13-9-6-10-14-20)16-15-19-11-7-5-8-12-19/h5-14,18H,3-4,17H2,1-2H3/b21-18+. The van der Waals surface area contributed by atoms with Crippen LogP contribution in [-0.2, 0) is 10.0 Å². The first-order valence-corrected chi connectivity index (χ1v) is 10.2. The second-order valence-corrected chi connectivity index (χ2v) is 7.65. The molecule has 0 bridgehead atoms. The molecule has 0 aromatic heterocycles. The van der Waals surface area contributed by atoms with E-state index >= 15 is 0 Å². The summed E-state index contributed by atoms with van der Waals surface area (Å²) in [6.45, 7) is 2.47. The Kier molecular flexibility index (Phi) is 6.85. The average molecular weight is 353 g/mol. The molecule has 0 saturated carbocycles. The molecule has 0 N–H and O–H groups in total. The van der Waals surface area contributed by atoms with E-state index in [0.29, 0.717) is 12.2 Å². The molecular formula is C21H23NO2S. The van der Waals surface area contributed by atoms with E-state index in [9.17, 15) is 8.42 Å². The van der Waals surface area contributed by atoms with Crippen LogP contribution in [0.3, 0.4) is 0 Å². The quantitative estimate of drug-likeness (QED) is 0.732. The molecule has 4 heteroatoms. The Labute approximate surface area is 151 Å². The zero-order chi connectivity index (χ0) is 18.1. The van der Waals surface area contributed by atoms with Gasteiger partial charge in [-0.05, 0) is 36.1 Å². The number of rotatable bonds is 6. The first kappa shape index (κ1) is 18.8. The van der Waals surface area contributed by atoms with Crippen molar-refractivity contribution in [3.63, 3.8) is 0 Å². The van der Waals surface area contributed by atoms with Gasteiger partial charge in [0.25, 0.3) is 0 Å². The highest BCUT2D eigenvalue weighted by molar-refractivity contribution is 7.88. The van der Waals surface area contributed by atoms with Crippen molar-refractivity contribution in [2.75, 3.05) is 12.8 Å². The number of benzene rings is 2. The Morgan fingerprint density at radius 1 is 1.04 bits per heavy atom. The molecule has 3 nitrogen and oxygen atoms in total. The normalized spacial score (nSPS) is 11.5. The number of hydrogen-bond donors (Lipinski definition) is 0. The van der Waals surface area contributed by atoms with Gasteiger partial charge >= 0.3 is 0 Å². The van der Waals surface area contributed by atoms with E-state index in [1.165, 1.54) is 10.6 Å². The lowest BCUT2D eigenvalue weighted by Gasteiger charge is -2.22. The second kappa shape index (κ2) is 9.10. The maximum Gasteiger partial charge on any atom is 0.232 e. The molecule has 2 rings (SSSR count). The maximum absolute atomic E-state index is 12.3. The van der Waals surface area contributed by atoms with Crippen LogP contribution in [0.5, 0.6) is 0 Å². The van der Waals surface area contributed by atoms with Gasteiger partial charge in [0.15, 0.2) is 0 Å². The zero-order valence-corrected chi connectivity index (χ0v) is 15.5. The number of sulfonamides is 1. The molecule has 2 aromatic rings. The average Bonchev–Trinajstić information content (AvgIpc) is 2.60. The smallest absolute Gasteiger partial charge is 0.232 e. The van der Waals surface area contributed by atoms with Gasteiger partial charge in [-0.2, -0.15) is 0 Å². The van der Waals surface area contributed by atoms with Crippen LogP contribution in [0.1, 0.15) is 30.9 Å². The summed E-state index contributed by atoms with van der Waals surface area (Å²) >= 11 is 0. The fourth-order valence-corrected chi connectivity index (χ4v) is 3.22. The Balaban J connectivity index is 2.47. The number of nitrogens with zero attached hydrogens (tertiary/aromatic N) is 1. The minimum Gasteiger partial charge on any atom is -0.263 e. The molecule has 0 fully saturated rings. The lowest BCUT2D eigenvalue weighted by Crippen LogP contribution is -2.29. The van der Waals surface area contributed by atoms with E-state index in [1.807, 2.05) is 73.7 Å². The number of hydrogen-bond acceptors (Lipinski definition) is 2. The fourth-order valence-electron chi connectivity index (χ4n) is 2.30. The molecule has 2 aromatic carbocycles. The third kappa shape index (κ3) is 6.13. The van der Waals surface area contributed by atoms with Gasteiger partial charge in [0, 0.05) is 12.1 Å². The van der Waals surface area contributed by atoms with E-state index in [2.05, 4.69) is 11.8 Å². The van der Waals surface area contributed by atoms with E-state index in [4.69, 9.17) is 0 Å². The van der Waals surface area contributed by atoms with Gasteiger partial charge in [0.1, 0.15) is 5.70 Å². The summed E-state index contributed by atoms with van der Waals surface area (Å²) in [7, 11) is -3.40. The van der Waals surface area contributed by atoms with E-state index in [0.717, 1.165) is 24.0 Å². The van der Waals surface area contributed by atoms with Crippen molar-refractivity contribution in [3.8, 4) is 11.8 Å². The van der Waals surface area contributed by atoms with Crippen LogP contribution in [0.2, 0.25) is 0 Å². The molecule has 0 heterocycles. The van der Waals surface area contributed by atoms with Gasteiger partial charge < -0.3 is 0 Å². The Morgan fingerprint density at radius 3 is 2.20 bits per heavy atom. The highest BCUT2D eigenvalue weighted by Gasteiger charge is 2.18. The molecule has 0 amide bonds. The molecular weight excluding hydrogens is 330 g/mol. The van der Waals surface area contributed by atoms with Crippen LogP contribution in [0, 0.1) is 11.8 Å². The van der Waals surface area contributed by atoms with Gasteiger partial charge in [-0.15, -0.1) is 0 Å². The minimum atomic E-state index is -3.40. The fraction of sp³-hybridized carbons (Fsp3) is 0.238. The molecule has 0 aliphatic carbocycles. The van der Waals surface area contributed by atoms with Crippen LogP contribution in [0.25, 0.3) is 6.08 Å². The van der Waals surface area contributed by atoms with Crippen molar-refractivity contribution in [2.24, 2.45) is 0 Å². The predicted octanol–water partition coefficient (Wildman–Crippen LogP) is 4.14. The third-order valence-electron chi connectivity index (χ3n) is 3.60. The van der Waals surface area contributed by atoms with E-state index < -0.39 is 10.0 Å². The molecule has 0 aliphatic rings. The van der Waals surface area contributed by atoms with Gasteiger partial charge in [-0.1, -0.05) is 67.8 Å². The van der Waals surface area contributed by atoms with Crippen molar-refractivity contribution < 1.29 is 8.42 Å². The summed E-state index contributed by atoms with van der Waals surface area (Å²) in [6.07, 6.45) is 4.75. The minimum absolute atomic E-state index is 0.428. The van der Waals surface area contributed by atoms with Gasteiger partial charge in [-0.25, -0.2) is 8.42 Å². The van der Waals surface area contributed by atoms with Crippen molar-refractivity contribution in [1.29, 1.82) is 0 Å². The third-order valence-corrected chi connectivity index (χ3v) is 4.78. The van der Waals surface area contributed by atoms with Crippen molar-refractivity contribution >= 4 is 16.1 Å². The van der Waals surface area contributed by atoms with Gasteiger partial charge in [-0.3, -0.25) is 4.31 Å². The molecule has 0 aliphatic heterocycles. The zero-order valence-electron chi connectivity index (χ0n) is 14.6. The molecule has 0 atom stereocenters. The van der Waals surface area contributed by atoms with E-state index in [-0.39, 0.29) is 0 Å². The number of unbranched alkanes of at least 4 members (excludes halogenated alkanes) is 1. The summed E-state index contributed by atoms with van der Waals surface area (Å²) in [5.74, 6) is 6.13. The first-order chi connectivity index (χ1) is 12.0. The molecule has 0 spiro atoms. The Morgan fingerprint density at radius 2 is 1.64 bits per heavy atom. The van der Waals surface area contributed by atoms with Crippen molar-refractivity contribution in [1.82, 2.24) is 4.31 Å². The van der Waals surface area contributed by atoms with Crippen LogP contribution >= 0.6 is 0 Å². The lowest BCUT2D eigenvalue weighted by atomic mass is 10.1. The van der Waals surface area contributed by atoms with Gasteiger partial charge in [0.05, 0.1) is 6.26 Å². The summed E-state index contributed by atoms with van der Waals surface area (Å²) in [5, 5.41) is 0. The van der Waals surface area contributed by atoms with Crippen molar-refractivity contribution in [3.05, 3.63) is 77.5 Å². The summed E-state index contributed by atoms with van der Waals surface area (Å²) in [5.41, 5.74) is 2.27. The highest BCUT2D eigenvalue weighted by atomic mass is 32.2. The molecule has 0 radical (unpaired) electrons. The monoisotopic (exact) mass is 353 g/mol. The van der Waals surface area contributed by atoms with E-state index in [1.54, 1.807) is 0 Å². The molecule has 25 heavy (non-hydrogen) atoms. The SMILES string of the molecule is CCCCN(/C(C#Cc1ccccc1)=C/c1ccccc1)S(C)(=O)=O. The number of allylic oxidation sites excluding steroid dienone is 1. The summed E-state index contributed by atoms with van der Waals surface area (Å²) in [4.78, 5) is 0. The Hall–Kier alpha value is -2.51. The van der Waals surface area contributed by atoms with Gasteiger partial charge in [0.2, 0.25) is 10.0 Å². The summed E-state index contributed by atoms with van der Waals surface area (Å²) in [6, 6.07) is 19.2. The van der Waals surface area contributed by atoms with Crippen LogP contribution in [-0.4, -0.2) is 25.5 Å². The Bertz CT molecular complexity index is 860. The molecule has 0 unspecified atom stereocenters. The van der Waals surface area contributed by atoms with Crippen molar-refractivity contribution in [2.45, 2.75) is 19.8 Å². The molecule has 130 valence electrons. The van der Waals surface area contributed by atoms with Crippen LogP contribution in [0.15, 0.2) is 66.4 Å². The molecule has 0 saturated heterocycles. The first-order valence-electron chi connectivity index (χ1n) is 8.32. The largest absolute Gasteiger partial charge is 0.263 e. The maximum atomic E-state index is 12.3. The highest BCUT2D eigenvalue weighted by Crippen LogP contribution is 2.15. The lowest BCUT2D eigenvalue weighted by molar-refractivity contribution is 0.481. The predicted molar refractivity (Wildman–Crippen MR) is 104 cm³/mol. The van der Waals surface area contributed by atoms with Crippen LogP contribution < -0.4 is 0 Å². The van der Waals surface area contributed by atoms with Crippen LogP contribution in [0.4, 0.5) is 0 Å².